The smallest absolute Gasteiger partial charge is 0.326 e. The minimum atomic E-state index is -1.55. The summed E-state index contributed by atoms with van der Waals surface area (Å²) in [5.41, 5.74) is 12.8. The van der Waals surface area contributed by atoms with E-state index in [0.717, 1.165) is 10.9 Å². The predicted octanol–water partition coefficient (Wildman–Crippen LogP) is -1.72. The Morgan fingerprint density at radius 3 is 2.19 bits per heavy atom. The number of fused-ring (bicyclic) bond motifs is 1. The number of hydrogen-bond acceptors (Lipinski definition) is 8. The molecule has 0 bridgehead atoms. The van der Waals surface area contributed by atoms with Crippen LogP contribution in [0, 0.1) is 0 Å². The van der Waals surface area contributed by atoms with Crippen molar-refractivity contribution in [2.45, 2.75) is 56.3 Å². The van der Waals surface area contributed by atoms with Crippen molar-refractivity contribution in [3.05, 3.63) is 54.2 Å². The van der Waals surface area contributed by atoms with Gasteiger partial charge in [-0.15, -0.1) is 0 Å². The zero-order valence-corrected chi connectivity index (χ0v) is 22.3. The van der Waals surface area contributed by atoms with Crippen LogP contribution in [0.3, 0.4) is 0 Å². The van der Waals surface area contributed by atoms with E-state index in [2.05, 4.69) is 30.9 Å². The molecule has 0 fully saturated rings. The third kappa shape index (κ3) is 8.88. The largest absolute Gasteiger partial charge is 0.481 e. The van der Waals surface area contributed by atoms with Crippen LogP contribution >= 0.6 is 0 Å². The summed E-state index contributed by atoms with van der Waals surface area (Å²) in [6, 6.07) is 1.66. The van der Waals surface area contributed by atoms with E-state index in [0.29, 0.717) is 11.3 Å². The van der Waals surface area contributed by atoms with E-state index in [1.165, 1.54) is 12.5 Å². The summed E-state index contributed by atoms with van der Waals surface area (Å²) >= 11 is 0. The van der Waals surface area contributed by atoms with Gasteiger partial charge >= 0.3 is 11.9 Å². The highest BCUT2D eigenvalue weighted by Gasteiger charge is 2.32. The van der Waals surface area contributed by atoms with E-state index in [9.17, 15) is 33.9 Å². The van der Waals surface area contributed by atoms with E-state index in [1.807, 2.05) is 18.2 Å². The number of aromatic nitrogens is 3. The lowest BCUT2D eigenvalue weighted by atomic mass is 10.0. The van der Waals surface area contributed by atoms with Crippen LogP contribution in [0.5, 0.6) is 0 Å². The van der Waals surface area contributed by atoms with Crippen molar-refractivity contribution in [2.75, 3.05) is 0 Å². The summed E-state index contributed by atoms with van der Waals surface area (Å²) in [4.78, 5) is 83.2. The molecular formula is C26H32N8O8. The van der Waals surface area contributed by atoms with Gasteiger partial charge in [-0.25, -0.2) is 9.78 Å². The maximum Gasteiger partial charge on any atom is 0.326 e. The number of carboxylic acid groups (broad SMARTS) is 2. The number of nitrogens with two attached hydrogens (primary N) is 2. The van der Waals surface area contributed by atoms with Crippen LogP contribution in [0.4, 0.5) is 0 Å². The molecule has 3 aromatic rings. The zero-order chi connectivity index (χ0) is 30.8. The highest BCUT2D eigenvalue weighted by atomic mass is 16.4. The lowest BCUT2D eigenvalue weighted by Crippen LogP contribution is -2.58. The normalized spacial score (nSPS) is 13.8. The number of carboxylic acids is 2. The third-order valence-corrected chi connectivity index (χ3v) is 6.37. The van der Waals surface area contributed by atoms with Crippen LogP contribution in [0.1, 0.15) is 30.5 Å². The number of carbonyl (C=O) groups is 6. The van der Waals surface area contributed by atoms with Gasteiger partial charge in [0.15, 0.2) is 0 Å². The number of amides is 4. The van der Waals surface area contributed by atoms with Crippen LogP contribution in [0.2, 0.25) is 0 Å². The lowest BCUT2D eigenvalue weighted by Gasteiger charge is -2.24. The average molecular weight is 585 g/mol. The van der Waals surface area contributed by atoms with E-state index >= 15 is 0 Å². The van der Waals surface area contributed by atoms with Gasteiger partial charge in [0.05, 0.1) is 18.8 Å². The minimum absolute atomic E-state index is 0.0651. The molecule has 2 heterocycles. The molecule has 0 aliphatic rings. The number of para-hydroxylation sites is 1. The number of benzene rings is 1. The van der Waals surface area contributed by atoms with Crippen molar-refractivity contribution in [1.29, 1.82) is 0 Å². The van der Waals surface area contributed by atoms with Gasteiger partial charge in [0.1, 0.15) is 18.1 Å². The van der Waals surface area contributed by atoms with Crippen molar-refractivity contribution < 1.29 is 39.0 Å². The SMILES string of the molecule is NC(=O)CC(NC(=O)C(N)CCC(=O)O)C(=O)NC(Cc1cnc[nH]1)C(=O)NC(Cc1c[nH]c2ccccc12)C(=O)O. The van der Waals surface area contributed by atoms with Crippen LogP contribution in [0.15, 0.2) is 43.0 Å². The van der Waals surface area contributed by atoms with Gasteiger partial charge < -0.3 is 47.6 Å². The van der Waals surface area contributed by atoms with Gasteiger partial charge in [0.2, 0.25) is 23.6 Å². The van der Waals surface area contributed by atoms with Gasteiger partial charge in [-0.1, -0.05) is 18.2 Å². The number of imidazole rings is 1. The molecule has 1 aromatic carbocycles. The molecule has 224 valence electrons. The second kappa shape index (κ2) is 14.4. The number of nitrogens with zero attached hydrogens (tertiary/aromatic N) is 1. The Balaban J connectivity index is 1.77. The van der Waals surface area contributed by atoms with Gasteiger partial charge in [0.25, 0.3) is 0 Å². The fourth-order valence-electron chi connectivity index (χ4n) is 4.19. The average Bonchev–Trinajstić information content (AvgIpc) is 3.60. The predicted molar refractivity (Wildman–Crippen MR) is 146 cm³/mol. The zero-order valence-electron chi connectivity index (χ0n) is 22.3. The highest BCUT2D eigenvalue weighted by Crippen LogP contribution is 2.19. The third-order valence-electron chi connectivity index (χ3n) is 6.37. The van der Waals surface area contributed by atoms with Crippen LogP contribution < -0.4 is 27.4 Å². The molecule has 0 aliphatic heterocycles. The number of H-pyrrole nitrogens is 2. The Morgan fingerprint density at radius 2 is 1.55 bits per heavy atom. The van der Waals surface area contributed by atoms with E-state index < -0.39 is 72.6 Å². The summed E-state index contributed by atoms with van der Waals surface area (Å²) in [6.45, 7) is 0. The molecule has 0 saturated carbocycles. The summed E-state index contributed by atoms with van der Waals surface area (Å²) < 4.78 is 0. The molecule has 4 amide bonds. The number of aliphatic carboxylic acids is 2. The second-order valence-electron chi connectivity index (χ2n) is 9.58. The quantitative estimate of drug-likeness (QED) is 0.0918. The molecule has 0 saturated heterocycles. The maximum atomic E-state index is 13.4. The lowest BCUT2D eigenvalue weighted by molar-refractivity contribution is -0.142. The number of hydrogen-bond donors (Lipinski definition) is 9. The molecule has 42 heavy (non-hydrogen) atoms. The molecule has 11 N–H and O–H groups in total. The molecule has 4 unspecified atom stereocenters. The van der Waals surface area contributed by atoms with E-state index in [1.54, 1.807) is 12.3 Å². The molecule has 0 radical (unpaired) electrons. The second-order valence-corrected chi connectivity index (χ2v) is 9.58. The Bertz CT molecular complexity index is 1440. The van der Waals surface area contributed by atoms with Crippen molar-refractivity contribution >= 4 is 46.5 Å². The van der Waals surface area contributed by atoms with Crippen LogP contribution in [-0.2, 0) is 41.6 Å². The van der Waals surface area contributed by atoms with Crippen LogP contribution in [-0.4, -0.2) is 84.9 Å². The first-order chi connectivity index (χ1) is 19.9. The van der Waals surface area contributed by atoms with Gasteiger partial charge in [-0.05, 0) is 18.1 Å². The summed E-state index contributed by atoms with van der Waals surface area (Å²) in [6.07, 6.45) is 2.89. The topological polar surface area (TPSA) is 275 Å². The fraction of sp³-hybridized carbons (Fsp3) is 0.346. The van der Waals surface area contributed by atoms with Crippen molar-refractivity contribution in [3.63, 3.8) is 0 Å². The monoisotopic (exact) mass is 584 g/mol. The first-order valence-electron chi connectivity index (χ1n) is 12.9. The van der Waals surface area contributed by atoms with Crippen molar-refractivity contribution in [3.8, 4) is 0 Å². The van der Waals surface area contributed by atoms with E-state index in [4.69, 9.17) is 16.6 Å². The molecule has 0 spiro atoms. The standard InChI is InChI=1S/C26H32N8O8/c27-16(5-6-22(36)37)23(38)32-19(9-21(28)35)25(40)33-18(8-14-11-29-12-31-14)24(39)34-20(26(41)42)7-13-10-30-17-4-2-1-3-15(13)17/h1-4,10-12,16,18-20,30H,5-9,27H2,(H2,28,35)(H,29,31)(H,32,38)(H,33,40)(H,34,39)(H,36,37)(H,41,42). The molecule has 0 aliphatic carbocycles. The first kappa shape index (κ1) is 31.3. The molecule has 4 atom stereocenters. The van der Waals surface area contributed by atoms with Crippen molar-refractivity contribution in [1.82, 2.24) is 30.9 Å². The number of nitrogens with one attached hydrogen (secondary N) is 5. The van der Waals surface area contributed by atoms with Crippen LogP contribution in [0.25, 0.3) is 10.9 Å². The van der Waals surface area contributed by atoms with Gasteiger partial charge in [-0.2, -0.15) is 0 Å². The Labute approximate surface area is 238 Å². The molecular weight excluding hydrogens is 552 g/mol. The number of rotatable bonds is 16. The Hall–Kier alpha value is -5.25. The molecule has 16 nitrogen and oxygen atoms in total. The first-order valence-corrected chi connectivity index (χ1v) is 12.9. The highest BCUT2D eigenvalue weighted by molar-refractivity contribution is 5.96. The molecule has 16 heteroatoms. The molecule has 2 aromatic heterocycles. The number of aromatic amines is 2. The minimum Gasteiger partial charge on any atom is -0.481 e. The fourth-order valence-corrected chi connectivity index (χ4v) is 4.19. The summed E-state index contributed by atoms with van der Waals surface area (Å²) in [7, 11) is 0. The summed E-state index contributed by atoms with van der Waals surface area (Å²) in [5.74, 6) is -6.18. The summed E-state index contributed by atoms with van der Waals surface area (Å²) in [5, 5.41) is 26.6. The Kier molecular flexibility index (Phi) is 10.7. The van der Waals surface area contributed by atoms with E-state index in [-0.39, 0.29) is 19.3 Å². The van der Waals surface area contributed by atoms with Gasteiger partial charge in [-0.3, -0.25) is 24.0 Å². The maximum absolute atomic E-state index is 13.4. The van der Waals surface area contributed by atoms with Crippen molar-refractivity contribution in [2.24, 2.45) is 11.5 Å². The number of carbonyl (C=O) groups excluding carboxylic acids is 4. The Morgan fingerprint density at radius 1 is 0.881 bits per heavy atom. The molecule has 3 rings (SSSR count). The van der Waals surface area contributed by atoms with Gasteiger partial charge in [0, 0.05) is 48.3 Å². The number of primary amides is 1.